The van der Waals surface area contributed by atoms with Crippen molar-refractivity contribution in [3.05, 3.63) is 115 Å². The number of benzene rings is 3. The van der Waals surface area contributed by atoms with Crippen molar-refractivity contribution in [2.75, 3.05) is 0 Å². The van der Waals surface area contributed by atoms with E-state index in [9.17, 15) is 39.4 Å². The van der Waals surface area contributed by atoms with Crippen molar-refractivity contribution in [1.29, 1.82) is 0 Å². The second kappa shape index (κ2) is 9.77. The topological polar surface area (TPSA) is 161 Å². The van der Waals surface area contributed by atoms with Crippen LogP contribution in [0.1, 0.15) is 54.8 Å². The number of rotatable bonds is 8. The fraction of sp³-hybridized carbons (Fsp3) is 0.120. The van der Waals surface area contributed by atoms with Crippen molar-refractivity contribution in [2.45, 2.75) is 19.4 Å². The van der Waals surface area contributed by atoms with E-state index in [-0.39, 0.29) is 28.8 Å². The largest absolute Gasteiger partial charge is 0.292 e. The van der Waals surface area contributed by atoms with Crippen LogP contribution < -0.4 is 0 Å². The molecule has 0 aliphatic carbocycles. The average Bonchev–Trinajstić information content (AvgIpc) is 3.16. The van der Waals surface area contributed by atoms with E-state index in [4.69, 9.17) is 0 Å². The molecule has 1 aliphatic rings. The zero-order chi connectivity index (χ0) is 26.9. The van der Waals surface area contributed by atoms with Gasteiger partial charge in [-0.1, -0.05) is 43.3 Å². The number of imide groups is 1. The number of non-ortho nitro benzene ring substituents is 1. The minimum Gasteiger partial charge on any atom is -0.292 e. The Morgan fingerprint density at radius 3 is 2.05 bits per heavy atom. The molecule has 37 heavy (non-hydrogen) atoms. The van der Waals surface area contributed by atoms with Crippen molar-refractivity contribution < 1.29 is 29.0 Å². The second-order valence-corrected chi connectivity index (χ2v) is 7.99. The van der Waals surface area contributed by atoms with Gasteiger partial charge in [0.2, 0.25) is 0 Å². The summed E-state index contributed by atoms with van der Waals surface area (Å²) in [6.45, 7) is 1.57. The number of Topliss-reactive ketones (excluding diaryl/α,β-unsaturated/α-hetero) is 1. The molecule has 12 nitrogen and oxygen atoms in total. The van der Waals surface area contributed by atoms with E-state index in [0.29, 0.717) is 10.0 Å². The molecule has 1 heterocycles. The van der Waals surface area contributed by atoms with E-state index >= 15 is 0 Å². The summed E-state index contributed by atoms with van der Waals surface area (Å²) in [5.74, 6) is -3.70. The Balaban J connectivity index is 1.86. The maximum Gasteiger partial charge on any atom is 0.287 e. The number of carbonyl (C=O) groups excluding carboxylic acids is 4. The Bertz CT molecular complexity index is 1450. The monoisotopic (exact) mass is 502 g/mol. The maximum absolute atomic E-state index is 13.7. The molecule has 0 radical (unpaired) electrons. The molecule has 3 aromatic rings. The lowest BCUT2D eigenvalue weighted by Crippen LogP contribution is -2.57. The summed E-state index contributed by atoms with van der Waals surface area (Å²) in [5, 5.41) is 23.7. The molecule has 1 aliphatic heterocycles. The van der Waals surface area contributed by atoms with Gasteiger partial charge in [0.25, 0.3) is 29.1 Å². The molecule has 0 fully saturated rings. The number of fused-ring (bicyclic) bond motifs is 1. The van der Waals surface area contributed by atoms with Crippen LogP contribution in [0.5, 0.6) is 0 Å². The van der Waals surface area contributed by atoms with Crippen LogP contribution >= 0.6 is 0 Å². The van der Waals surface area contributed by atoms with Crippen LogP contribution in [0, 0.1) is 20.2 Å². The number of amides is 3. The van der Waals surface area contributed by atoms with Crippen molar-refractivity contribution in [3.8, 4) is 0 Å². The lowest BCUT2D eigenvalue weighted by molar-refractivity contribution is -0.385. The minimum absolute atomic E-state index is 0.0258. The first kappa shape index (κ1) is 24.9. The third-order valence-electron chi connectivity index (χ3n) is 5.86. The molecule has 1 atom stereocenters. The van der Waals surface area contributed by atoms with Crippen LogP contribution in [0.4, 0.5) is 11.4 Å². The second-order valence-electron chi connectivity index (χ2n) is 7.99. The van der Waals surface area contributed by atoms with Gasteiger partial charge in [0.1, 0.15) is 11.6 Å². The predicted octanol–water partition coefficient (Wildman–Crippen LogP) is 3.82. The lowest BCUT2D eigenvalue weighted by atomic mass is 10.0. The summed E-state index contributed by atoms with van der Waals surface area (Å²) in [5.41, 5.74) is -1.64. The lowest BCUT2D eigenvalue weighted by Gasteiger charge is -2.35. The van der Waals surface area contributed by atoms with Gasteiger partial charge in [0.05, 0.1) is 15.4 Å². The highest BCUT2D eigenvalue weighted by atomic mass is 16.6. The van der Waals surface area contributed by atoms with E-state index in [1.807, 2.05) is 0 Å². The Morgan fingerprint density at radius 1 is 0.838 bits per heavy atom. The Kier molecular flexibility index (Phi) is 6.57. The molecule has 12 heteroatoms. The van der Waals surface area contributed by atoms with Crippen molar-refractivity contribution >= 4 is 34.9 Å². The molecule has 4 rings (SSSR count). The van der Waals surface area contributed by atoms with Crippen molar-refractivity contribution in [2.24, 2.45) is 0 Å². The molecule has 3 aromatic carbocycles. The smallest absolute Gasteiger partial charge is 0.287 e. The van der Waals surface area contributed by atoms with E-state index in [0.717, 1.165) is 30.3 Å². The highest BCUT2D eigenvalue weighted by Gasteiger charge is 2.48. The van der Waals surface area contributed by atoms with Gasteiger partial charge < -0.3 is 0 Å². The molecule has 186 valence electrons. The number of nitro benzene ring substituents is 2. The first-order chi connectivity index (χ1) is 17.7. The highest BCUT2D eigenvalue weighted by molar-refractivity contribution is 6.24. The zero-order valence-electron chi connectivity index (χ0n) is 19.3. The van der Waals surface area contributed by atoms with Gasteiger partial charge in [-0.15, -0.1) is 0 Å². The molecular weight excluding hydrogens is 484 g/mol. The van der Waals surface area contributed by atoms with Gasteiger partial charge in [-0.2, -0.15) is 5.01 Å². The van der Waals surface area contributed by atoms with Crippen LogP contribution in [-0.2, 0) is 0 Å². The standard InChI is InChI=1S/C25H18N4O8/c1-2-19(22(30)15-7-4-3-5-8-15)26(23(31)16-11-13-17(14-12-16)28(34)35)27-24(32)18-9-6-10-20(29(36)37)21(18)25(27)33/h3-14,19H,2H2,1H3/t19-/m1/s1. The van der Waals surface area contributed by atoms with Crippen LogP contribution in [-0.4, -0.2) is 49.4 Å². The van der Waals surface area contributed by atoms with Gasteiger partial charge >= 0.3 is 0 Å². The number of nitro groups is 2. The Labute approximate surface area is 209 Å². The quantitative estimate of drug-likeness (QED) is 0.194. The summed E-state index contributed by atoms with van der Waals surface area (Å²) in [6.07, 6.45) is -0.0258. The van der Waals surface area contributed by atoms with Crippen molar-refractivity contribution in [1.82, 2.24) is 10.0 Å². The molecule has 0 unspecified atom stereocenters. The van der Waals surface area contributed by atoms with Gasteiger partial charge in [0.15, 0.2) is 5.78 Å². The van der Waals surface area contributed by atoms with Crippen LogP contribution in [0.2, 0.25) is 0 Å². The number of hydrazine groups is 1. The van der Waals surface area contributed by atoms with Crippen LogP contribution in [0.3, 0.4) is 0 Å². The summed E-state index contributed by atoms with van der Waals surface area (Å²) in [4.78, 5) is 75.1. The third-order valence-corrected chi connectivity index (χ3v) is 5.86. The average molecular weight is 502 g/mol. The first-order valence-corrected chi connectivity index (χ1v) is 11.0. The number of hydrogen-bond donors (Lipinski definition) is 0. The summed E-state index contributed by atoms with van der Waals surface area (Å²) >= 11 is 0. The zero-order valence-corrected chi connectivity index (χ0v) is 19.3. The maximum atomic E-state index is 13.7. The van der Waals surface area contributed by atoms with Crippen LogP contribution in [0.25, 0.3) is 0 Å². The normalized spacial score (nSPS) is 13.2. The number of hydrogen-bond acceptors (Lipinski definition) is 8. The number of carbonyl (C=O) groups is 4. The highest BCUT2D eigenvalue weighted by Crippen LogP contribution is 2.34. The van der Waals surface area contributed by atoms with Gasteiger partial charge in [-0.25, -0.2) is 5.01 Å². The summed E-state index contributed by atoms with van der Waals surface area (Å²) in [6, 6.07) is 14.5. The Hall–Kier alpha value is -5.26. The summed E-state index contributed by atoms with van der Waals surface area (Å²) < 4.78 is 0. The molecule has 0 saturated heterocycles. The molecule has 0 N–H and O–H groups in total. The van der Waals surface area contributed by atoms with Crippen molar-refractivity contribution in [3.63, 3.8) is 0 Å². The fourth-order valence-corrected chi connectivity index (χ4v) is 4.10. The first-order valence-electron chi connectivity index (χ1n) is 11.0. The molecule has 3 amide bonds. The number of ketones is 1. The van der Waals surface area contributed by atoms with E-state index in [1.165, 1.54) is 24.3 Å². The Morgan fingerprint density at radius 2 is 1.49 bits per heavy atom. The van der Waals surface area contributed by atoms with E-state index in [2.05, 4.69) is 0 Å². The fourth-order valence-electron chi connectivity index (χ4n) is 4.10. The SMILES string of the molecule is CC[C@H](C(=O)c1ccccc1)N(C(=O)c1ccc([N+](=O)[O-])cc1)N1C(=O)c2cccc([N+](=O)[O-])c2C1=O. The molecule has 0 spiro atoms. The van der Waals surface area contributed by atoms with E-state index in [1.54, 1.807) is 25.1 Å². The number of nitrogens with zero attached hydrogens (tertiary/aromatic N) is 4. The third kappa shape index (κ3) is 4.31. The molecule has 0 saturated carbocycles. The van der Waals surface area contributed by atoms with Gasteiger partial charge in [0, 0.05) is 29.3 Å². The molecule has 0 bridgehead atoms. The van der Waals surface area contributed by atoms with E-state index < -0.39 is 50.6 Å². The predicted molar refractivity (Wildman–Crippen MR) is 128 cm³/mol. The molecular formula is C25H18N4O8. The molecule has 0 aromatic heterocycles. The minimum atomic E-state index is -1.36. The van der Waals surface area contributed by atoms with Crippen LogP contribution in [0.15, 0.2) is 72.8 Å². The van der Waals surface area contributed by atoms with Gasteiger partial charge in [-0.3, -0.25) is 39.4 Å². The van der Waals surface area contributed by atoms with Gasteiger partial charge in [-0.05, 0) is 24.6 Å². The summed E-state index contributed by atoms with van der Waals surface area (Å²) in [7, 11) is 0.